The molecular weight excluding hydrogens is 400 g/mol. The third-order valence-corrected chi connectivity index (χ3v) is 5.94. The van der Waals surface area contributed by atoms with Crippen molar-refractivity contribution < 1.29 is 24.9 Å². The van der Waals surface area contributed by atoms with Crippen molar-refractivity contribution in [2.24, 2.45) is 0 Å². The zero-order chi connectivity index (χ0) is 21.8. The molecule has 0 aromatic heterocycles. The summed E-state index contributed by atoms with van der Waals surface area (Å²) in [5.74, 6) is -1.85. The highest BCUT2D eigenvalue weighted by Gasteiger charge is 2.18. The lowest BCUT2D eigenvalue weighted by molar-refractivity contribution is -0.137. The predicted molar refractivity (Wildman–Crippen MR) is 119 cm³/mol. The van der Waals surface area contributed by atoms with E-state index in [1.54, 1.807) is 24.3 Å². The number of aliphatic carboxylic acids is 1. The molecule has 0 aliphatic carbocycles. The van der Waals surface area contributed by atoms with E-state index < -0.39 is 18.0 Å². The Bertz CT molecular complexity index is 817. The first-order chi connectivity index (χ1) is 14.5. The number of carboxylic acid groups (broad SMARTS) is 2. The average molecular weight is 429 g/mol. The molecule has 30 heavy (non-hydrogen) atoms. The number of benzene rings is 2. The number of aliphatic hydroxyl groups is 1. The van der Waals surface area contributed by atoms with Crippen LogP contribution >= 0.6 is 11.8 Å². The van der Waals surface area contributed by atoms with Crippen molar-refractivity contribution >= 4 is 23.7 Å². The third-order valence-electron chi connectivity index (χ3n) is 4.65. The summed E-state index contributed by atoms with van der Waals surface area (Å²) in [7, 11) is 0. The quantitative estimate of drug-likeness (QED) is 0.235. The molecule has 0 spiro atoms. The summed E-state index contributed by atoms with van der Waals surface area (Å²) in [5, 5.41) is 28.2. The van der Waals surface area contributed by atoms with Crippen LogP contribution < -0.4 is 0 Å². The van der Waals surface area contributed by atoms with Crippen molar-refractivity contribution in [3.8, 4) is 0 Å². The summed E-state index contributed by atoms with van der Waals surface area (Å²) < 4.78 is 0. The summed E-state index contributed by atoms with van der Waals surface area (Å²) in [6.07, 6.45) is 7.06. The first kappa shape index (κ1) is 23.7. The molecule has 2 aromatic rings. The molecule has 2 rings (SSSR count). The first-order valence-corrected chi connectivity index (χ1v) is 10.9. The second-order valence-electron chi connectivity index (χ2n) is 7.07. The van der Waals surface area contributed by atoms with Gasteiger partial charge in [0.1, 0.15) is 0 Å². The molecule has 6 heteroatoms. The van der Waals surface area contributed by atoms with Gasteiger partial charge in [-0.1, -0.05) is 42.5 Å². The monoisotopic (exact) mass is 428 g/mol. The molecule has 5 nitrogen and oxygen atoms in total. The molecule has 0 saturated carbocycles. The minimum Gasteiger partial charge on any atom is -0.481 e. The molecule has 0 unspecified atom stereocenters. The van der Waals surface area contributed by atoms with E-state index >= 15 is 0 Å². The van der Waals surface area contributed by atoms with Crippen LogP contribution in [0.15, 0.2) is 71.6 Å². The summed E-state index contributed by atoms with van der Waals surface area (Å²) in [6.45, 7) is 0. The highest BCUT2D eigenvalue weighted by Crippen LogP contribution is 2.29. The van der Waals surface area contributed by atoms with E-state index in [0.29, 0.717) is 12.8 Å². The van der Waals surface area contributed by atoms with E-state index in [1.807, 2.05) is 24.3 Å². The van der Waals surface area contributed by atoms with Crippen LogP contribution in [0.5, 0.6) is 0 Å². The standard InChI is InChI=1S/C24H28O5S/c25-21(11-7-13-23(26)27)22(30-20-16-14-19(15-17-20)24(28)29)12-6-2-5-10-18-8-3-1-4-9-18/h1,3-4,6,8-9,12,14-17,21-22,25H,2,5,7,10-11,13H2,(H,26,27)(H,28,29)/b12-6+/t21-,22+/m0/s1. The Morgan fingerprint density at radius 2 is 1.67 bits per heavy atom. The number of hydrogen-bond donors (Lipinski definition) is 3. The second-order valence-corrected chi connectivity index (χ2v) is 8.32. The van der Waals surface area contributed by atoms with Gasteiger partial charge < -0.3 is 15.3 Å². The lowest BCUT2D eigenvalue weighted by Crippen LogP contribution is -2.21. The molecule has 2 atom stereocenters. The SMILES string of the molecule is O=C(O)CCC[C@H](O)[C@@H](/C=C/CCCc1ccccc1)Sc1ccc(C(=O)O)cc1. The van der Waals surface area contributed by atoms with Gasteiger partial charge in [-0.05, 0) is 61.9 Å². The van der Waals surface area contributed by atoms with Gasteiger partial charge in [-0.25, -0.2) is 4.79 Å². The third kappa shape index (κ3) is 8.84. The fourth-order valence-electron chi connectivity index (χ4n) is 3.01. The Hall–Kier alpha value is -2.57. The van der Waals surface area contributed by atoms with Crippen LogP contribution in [-0.2, 0) is 11.2 Å². The van der Waals surface area contributed by atoms with E-state index in [1.165, 1.54) is 17.3 Å². The topological polar surface area (TPSA) is 94.8 Å². The Balaban J connectivity index is 1.94. The molecule has 0 radical (unpaired) electrons. The molecule has 0 aliphatic heterocycles. The number of unbranched alkanes of at least 4 members (excludes halogenated alkanes) is 1. The fraction of sp³-hybridized carbons (Fsp3) is 0.333. The van der Waals surface area contributed by atoms with Crippen molar-refractivity contribution in [3.05, 3.63) is 77.9 Å². The number of rotatable bonds is 13. The van der Waals surface area contributed by atoms with Gasteiger partial charge in [0.2, 0.25) is 0 Å². The summed E-state index contributed by atoms with van der Waals surface area (Å²) in [6, 6.07) is 16.8. The number of carboxylic acids is 2. The molecule has 0 bridgehead atoms. The highest BCUT2D eigenvalue weighted by molar-refractivity contribution is 8.00. The maximum Gasteiger partial charge on any atom is 0.335 e. The predicted octanol–water partition coefficient (Wildman–Crippen LogP) is 5.04. The summed E-state index contributed by atoms with van der Waals surface area (Å²) in [4.78, 5) is 22.6. The second kappa shape index (κ2) is 12.9. The van der Waals surface area contributed by atoms with Crippen LogP contribution in [0.4, 0.5) is 0 Å². The number of aliphatic hydroxyl groups excluding tert-OH is 1. The molecule has 0 fully saturated rings. The molecule has 0 saturated heterocycles. The summed E-state index contributed by atoms with van der Waals surface area (Å²) in [5.41, 5.74) is 1.51. The lowest BCUT2D eigenvalue weighted by atomic mass is 10.1. The van der Waals surface area contributed by atoms with Crippen molar-refractivity contribution in [3.63, 3.8) is 0 Å². The highest BCUT2D eigenvalue weighted by atomic mass is 32.2. The average Bonchev–Trinajstić information content (AvgIpc) is 2.73. The maximum absolute atomic E-state index is 11.0. The Morgan fingerprint density at radius 3 is 2.30 bits per heavy atom. The van der Waals surface area contributed by atoms with Crippen molar-refractivity contribution in [2.45, 2.75) is 54.8 Å². The Labute approximate surface area is 181 Å². The normalized spacial score (nSPS) is 13.2. The molecule has 0 aliphatic rings. The van der Waals surface area contributed by atoms with E-state index in [0.717, 1.165) is 24.2 Å². The van der Waals surface area contributed by atoms with Gasteiger partial charge in [0.15, 0.2) is 0 Å². The van der Waals surface area contributed by atoms with Crippen LogP contribution in [0.25, 0.3) is 0 Å². The molecule has 0 heterocycles. The zero-order valence-electron chi connectivity index (χ0n) is 16.8. The van der Waals surface area contributed by atoms with Crippen LogP contribution in [0.1, 0.15) is 48.0 Å². The number of thioether (sulfide) groups is 1. The van der Waals surface area contributed by atoms with Gasteiger partial charge in [-0.3, -0.25) is 4.79 Å². The van der Waals surface area contributed by atoms with Gasteiger partial charge in [-0.2, -0.15) is 0 Å². The van der Waals surface area contributed by atoms with Crippen molar-refractivity contribution in [1.82, 2.24) is 0 Å². The molecule has 0 amide bonds. The number of hydrogen-bond acceptors (Lipinski definition) is 4. The Kier molecular flexibility index (Phi) is 10.2. The van der Waals surface area contributed by atoms with Gasteiger partial charge in [-0.15, -0.1) is 11.8 Å². The number of aryl methyl sites for hydroxylation is 1. The molecule has 3 N–H and O–H groups in total. The lowest BCUT2D eigenvalue weighted by Gasteiger charge is -2.19. The first-order valence-electron chi connectivity index (χ1n) is 10.1. The van der Waals surface area contributed by atoms with Crippen molar-refractivity contribution in [1.29, 1.82) is 0 Å². The van der Waals surface area contributed by atoms with Gasteiger partial charge >= 0.3 is 11.9 Å². The fourth-order valence-corrected chi connectivity index (χ4v) is 4.10. The van der Waals surface area contributed by atoms with Gasteiger partial charge in [0.25, 0.3) is 0 Å². The van der Waals surface area contributed by atoms with E-state index in [-0.39, 0.29) is 17.2 Å². The van der Waals surface area contributed by atoms with Crippen LogP contribution in [0.2, 0.25) is 0 Å². The van der Waals surface area contributed by atoms with Gasteiger partial charge in [0, 0.05) is 11.3 Å². The van der Waals surface area contributed by atoms with Crippen LogP contribution in [0, 0.1) is 0 Å². The van der Waals surface area contributed by atoms with E-state index in [9.17, 15) is 14.7 Å². The minimum atomic E-state index is -0.977. The van der Waals surface area contributed by atoms with Crippen LogP contribution in [0.3, 0.4) is 0 Å². The molecule has 160 valence electrons. The van der Waals surface area contributed by atoms with Gasteiger partial charge in [0.05, 0.1) is 16.9 Å². The molecular formula is C24H28O5S. The van der Waals surface area contributed by atoms with Crippen LogP contribution in [-0.4, -0.2) is 38.6 Å². The largest absolute Gasteiger partial charge is 0.481 e. The minimum absolute atomic E-state index is 0.0303. The smallest absolute Gasteiger partial charge is 0.335 e. The number of carbonyl (C=O) groups is 2. The number of allylic oxidation sites excluding steroid dienone is 1. The van der Waals surface area contributed by atoms with E-state index in [4.69, 9.17) is 10.2 Å². The van der Waals surface area contributed by atoms with E-state index in [2.05, 4.69) is 18.2 Å². The Morgan fingerprint density at radius 1 is 0.967 bits per heavy atom. The maximum atomic E-state index is 11.0. The molecule has 2 aromatic carbocycles. The van der Waals surface area contributed by atoms with Crippen molar-refractivity contribution in [2.75, 3.05) is 0 Å². The number of aromatic carboxylic acids is 1. The summed E-state index contributed by atoms with van der Waals surface area (Å²) >= 11 is 1.45. The zero-order valence-corrected chi connectivity index (χ0v) is 17.6.